The summed E-state index contributed by atoms with van der Waals surface area (Å²) in [6, 6.07) is 15.3. The molecule has 0 atom stereocenters. The van der Waals surface area contributed by atoms with E-state index in [9.17, 15) is 4.79 Å². The lowest BCUT2D eigenvalue weighted by Gasteiger charge is -2.13. The van der Waals surface area contributed by atoms with Crippen LogP contribution < -0.4 is 20.7 Å². The highest BCUT2D eigenvalue weighted by molar-refractivity contribution is 14.0. The van der Waals surface area contributed by atoms with Gasteiger partial charge in [0.1, 0.15) is 5.75 Å². The second kappa shape index (κ2) is 16.3. The number of nitrogens with one attached hydrogen (secondary N) is 3. The number of ether oxygens (including phenoxy) is 2. The predicted octanol–water partition coefficient (Wildman–Crippen LogP) is 4.44. The highest BCUT2D eigenvalue weighted by Crippen LogP contribution is 2.17. The molecule has 8 heteroatoms. The monoisotopic (exact) mass is 554 g/mol. The fourth-order valence-corrected chi connectivity index (χ4v) is 2.81. The average molecular weight is 554 g/mol. The topological polar surface area (TPSA) is 84.0 Å². The van der Waals surface area contributed by atoms with Gasteiger partial charge in [-0.3, -0.25) is 9.79 Å². The first-order chi connectivity index (χ1) is 15.2. The Morgan fingerprint density at radius 1 is 1.03 bits per heavy atom. The summed E-state index contributed by atoms with van der Waals surface area (Å²) in [4.78, 5) is 16.4. The Kier molecular flexibility index (Phi) is 14.1. The molecule has 2 aromatic carbocycles. The lowest BCUT2D eigenvalue weighted by atomic mass is 10.1. The molecule has 0 aliphatic heterocycles. The second-order valence-corrected chi connectivity index (χ2v) is 7.08. The van der Waals surface area contributed by atoms with E-state index in [2.05, 4.69) is 27.9 Å². The number of nitrogens with zero attached hydrogens (tertiary/aromatic N) is 1. The van der Waals surface area contributed by atoms with Crippen molar-refractivity contribution in [3.63, 3.8) is 0 Å². The summed E-state index contributed by atoms with van der Waals surface area (Å²) in [7, 11) is 3.41. The highest BCUT2D eigenvalue weighted by Gasteiger charge is 2.05. The number of amides is 1. The van der Waals surface area contributed by atoms with Crippen LogP contribution in [0.5, 0.6) is 5.75 Å². The van der Waals surface area contributed by atoms with Gasteiger partial charge in [-0.2, -0.15) is 0 Å². The molecule has 0 heterocycles. The highest BCUT2D eigenvalue weighted by atomic mass is 127. The maximum absolute atomic E-state index is 12.1. The van der Waals surface area contributed by atoms with Crippen molar-refractivity contribution in [2.24, 2.45) is 4.99 Å². The Balaban J connectivity index is 0.00000512. The van der Waals surface area contributed by atoms with E-state index in [1.807, 2.05) is 48.5 Å². The van der Waals surface area contributed by atoms with Crippen LogP contribution in [-0.4, -0.2) is 45.8 Å². The minimum atomic E-state index is -0.0326. The van der Waals surface area contributed by atoms with Crippen LogP contribution >= 0.6 is 24.0 Å². The van der Waals surface area contributed by atoms with E-state index in [1.165, 1.54) is 0 Å². The molecule has 0 radical (unpaired) electrons. The summed E-state index contributed by atoms with van der Waals surface area (Å²) in [6.45, 7) is 4.69. The number of benzene rings is 2. The van der Waals surface area contributed by atoms with Crippen LogP contribution in [0.1, 0.15) is 42.1 Å². The van der Waals surface area contributed by atoms with Gasteiger partial charge in [0.05, 0.1) is 6.61 Å². The van der Waals surface area contributed by atoms with Crippen molar-refractivity contribution < 1.29 is 14.3 Å². The van der Waals surface area contributed by atoms with Gasteiger partial charge < -0.3 is 25.4 Å². The lowest BCUT2D eigenvalue weighted by molar-refractivity contribution is 0.0953. The zero-order valence-electron chi connectivity index (χ0n) is 19.1. The molecule has 0 aromatic heterocycles. The SMILES string of the molecule is CCCCNC(=O)c1ccc(CNC(=NC)Nc2cccc(OCCCOC)c2)cc1.I. The smallest absolute Gasteiger partial charge is 0.251 e. The van der Waals surface area contributed by atoms with E-state index in [0.29, 0.717) is 37.8 Å². The van der Waals surface area contributed by atoms with E-state index in [0.717, 1.165) is 36.3 Å². The third-order valence-corrected chi connectivity index (χ3v) is 4.57. The molecule has 2 aromatic rings. The van der Waals surface area contributed by atoms with Crippen LogP contribution in [0.15, 0.2) is 53.5 Å². The number of carbonyl (C=O) groups is 1. The van der Waals surface area contributed by atoms with Crippen LogP contribution in [-0.2, 0) is 11.3 Å². The molecule has 7 nitrogen and oxygen atoms in total. The summed E-state index contributed by atoms with van der Waals surface area (Å²) in [5.74, 6) is 1.41. The molecular formula is C24H35IN4O3. The van der Waals surface area contributed by atoms with Crippen molar-refractivity contribution in [3.05, 3.63) is 59.7 Å². The number of methoxy groups -OCH3 is 1. The molecule has 1 amide bonds. The maximum atomic E-state index is 12.1. The van der Waals surface area contributed by atoms with Gasteiger partial charge in [0.15, 0.2) is 5.96 Å². The molecule has 3 N–H and O–H groups in total. The number of carbonyl (C=O) groups excluding carboxylic acids is 1. The van der Waals surface area contributed by atoms with E-state index in [4.69, 9.17) is 9.47 Å². The molecule has 0 bridgehead atoms. The van der Waals surface area contributed by atoms with E-state index in [-0.39, 0.29) is 29.9 Å². The van der Waals surface area contributed by atoms with Gasteiger partial charge >= 0.3 is 0 Å². The number of unbranched alkanes of at least 4 members (excludes halogenated alkanes) is 1. The minimum absolute atomic E-state index is 0. The van der Waals surface area contributed by atoms with Crippen molar-refractivity contribution in [1.29, 1.82) is 0 Å². The van der Waals surface area contributed by atoms with Crippen molar-refractivity contribution >= 4 is 41.5 Å². The Morgan fingerprint density at radius 3 is 2.50 bits per heavy atom. The molecule has 0 saturated carbocycles. The van der Waals surface area contributed by atoms with Gasteiger partial charge in [-0.25, -0.2) is 0 Å². The molecule has 32 heavy (non-hydrogen) atoms. The van der Waals surface area contributed by atoms with E-state index in [1.54, 1.807) is 14.2 Å². The molecule has 0 aliphatic carbocycles. The lowest BCUT2D eigenvalue weighted by Crippen LogP contribution is -2.30. The summed E-state index contributed by atoms with van der Waals surface area (Å²) >= 11 is 0. The fourth-order valence-electron chi connectivity index (χ4n) is 2.81. The number of anilines is 1. The first-order valence-electron chi connectivity index (χ1n) is 10.7. The van der Waals surface area contributed by atoms with Gasteiger partial charge in [-0.05, 0) is 36.2 Å². The van der Waals surface area contributed by atoms with Gasteiger partial charge in [-0.1, -0.05) is 31.5 Å². The fraction of sp³-hybridized carbons (Fsp3) is 0.417. The first kappa shape index (κ1) is 27.7. The van der Waals surface area contributed by atoms with Crippen molar-refractivity contribution in [3.8, 4) is 5.75 Å². The summed E-state index contributed by atoms with van der Waals surface area (Å²) in [6.07, 6.45) is 2.89. The Bertz CT molecular complexity index is 828. The zero-order chi connectivity index (χ0) is 22.3. The summed E-state index contributed by atoms with van der Waals surface area (Å²) in [5.41, 5.74) is 2.62. The quantitative estimate of drug-likeness (QED) is 0.157. The standard InChI is InChI=1S/C24H34N4O3.HI/c1-4-5-14-26-23(29)20-12-10-19(11-13-20)18-27-24(25-2)28-21-8-6-9-22(17-21)31-16-7-15-30-3;/h6,8-13,17H,4-5,7,14-16,18H2,1-3H3,(H,26,29)(H2,25,27,28);1H. The largest absolute Gasteiger partial charge is 0.493 e. The molecule has 176 valence electrons. The molecule has 0 fully saturated rings. The summed E-state index contributed by atoms with van der Waals surface area (Å²) < 4.78 is 10.8. The van der Waals surface area contributed by atoms with Crippen LogP contribution in [0, 0.1) is 0 Å². The Labute approximate surface area is 208 Å². The maximum Gasteiger partial charge on any atom is 0.251 e. The van der Waals surface area contributed by atoms with Crippen molar-refractivity contribution in [1.82, 2.24) is 10.6 Å². The van der Waals surface area contributed by atoms with Gasteiger partial charge in [0, 0.05) is 57.6 Å². The molecule has 2 rings (SSSR count). The number of hydrogen-bond acceptors (Lipinski definition) is 4. The number of aliphatic imine (C=N–C) groups is 1. The molecule has 0 unspecified atom stereocenters. The van der Waals surface area contributed by atoms with E-state index >= 15 is 0 Å². The van der Waals surface area contributed by atoms with Crippen LogP contribution in [0.25, 0.3) is 0 Å². The number of rotatable bonds is 12. The minimum Gasteiger partial charge on any atom is -0.493 e. The van der Waals surface area contributed by atoms with Gasteiger partial charge in [0.2, 0.25) is 0 Å². The molecule has 0 spiro atoms. The van der Waals surface area contributed by atoms with Crippen LogP contribution in [0.4, 0.5) is 5.69 Å². The molecule has 0 aliphatic rings. The van der Waals surface area contributed by atoms with E-state index < -0.39 is 0 Å². The number of guanidine groups is 1. The van der Waals surface area contributed by atoms with Gasteiger partial charge in [0.25, 0.3) is 5.91 Å². The summed E-state index contributed by atoms with van der Waals surface area (Å²) in [5, 5.41) is 9.48. The normalized spacial score (nSPS) is 10.8. The zero-order valence-corrected chi connectivity index (χ0v) is 21.5. The average Bonchev–Trinajstić information content (AvgIpc) is 2.80. The third kappa shape index (κ3) is 10.3. The first-order valence-corrected chi connectivity index (χ1v) is 10.7. The van der Waals surface area contributed by atoms with Crippen molar-refractivity contribution in [2.75, 3.05) is 39.2 Å². The molecular weight excluding hydrogens is 519 g/mol. The number of hydrogen-bond donors (Lipinski definition) is 3. The third-order valence-electron chi connectivity index (χ3n) is 4.57. The van der Waals surface area contributed by atoms with Gasteiger partial charge in [-0.15, -0.1) is 24.0 Å². The molecule has 0 saturated heterocycles. The second-order valence-electron chi connectivity index (χ2n) is 7.08. The van der Waals surface area contributed by atoms with Crippen LogP contribution in [0.2, 0.25) is 0 Å². The number of halogens is 1. The predicted molar refractivity (Wildman–Crippen MR) is 141 cm³/mol. The van der Waals surface area contributed by atoms with Crippen molar-refractivity contribution in [2.45, 2.75) is 32.7 Å². The van der Waals surface area contributed by atoms with Crippen LogP contribution in [0.3, 0.4) is 0 Å². The Morgan fingerprint density at radius 2 is 1.81 bits per heavy atom. The Hall–Kier alpha value is -2.33.